The molecule has 0 aliphatic heterocycles. The number of rotatable bonds is 1. The molecular formula is C10H11NO2S. The van der Waals surface area contributed by atoms with Crippen molar-refractivity contribution in [3.63, 3.8) is 0 Å². The van der Waals surface area contributed by atoms with E-state index in [0.717, 1.165) is 15.6 Å². The number of aryl methyl sites for hydroxylation is 2. The molecule has 14 heavy (non-hydrogen) atoms. The van der Waals surface area contributed by atoms with E-state index in [1.807, 2.05) is 13.8 Å². The van der Waals surface area contributed by atoms with Crippen LogP contribution in [0.3, 0.4) is 0 Å². The maximum Gasteiger partial charge on any atom is 0.317 e. The fourth-order valence-electron chi connectivity index (χ4n) is 0.916. The van der Waals surface area contributed by atoms with E-state index < -0.39 is 0 Å². The zero-order chi connectivity index (χ0) is 10.6. The standard InChI is InChI=1S/C10H11NO2S/c1-7-9(14-8(2)11-7)5-4-6-10(12)13-3/h6H2,1-3H3. The number of hydrogen-bond acceptors (Lipinski definition) is 4. The Balaban J connectivity index is 2.68. The molecule has 0 spiro atoms. The number of carbonyl (C=O) groups excluding carboxylic acids is 1. The van der Waals surface area contributed by atoms with Crippen molar-refractivity contribution in [2.24, 2.45) is 0 Å². The lowest BCUT2D eigenvalue weighted by Crippen LogP contribution is -1.96. The molecule has 0 unspecified atom stereocenters. The molecule has 0 saturated carbocycles. The summed E-state index contributed by atoms with van der Waals surface area (Å²) in [4.78, 5) is 15.9. The minimum atomic E-state index is -0.309. The minimum Gasteiger partial charge on any atom is -0.468 e. The molecular weight excluding hydrogens is 198 g/mol. The molecule has 0 aliphatic rings. The molecule has 0 aromatic carbocycles. The molecule has 74 valence electrons. The summed E-state index contributed by atoms with van der Waals surface area (Å²) in [6, 6.07) is 0. The molecule has 4 heteroatoms. The van der Waals surface area contributed by atoms with Gasteiger partial charge in [0.1, 0.15) is 6.42 Å². The molecule has 0 aliphatic carbocycles. The minimum absolute atomic E-state index is 0.132. The highest BCUT2D eigenvalue weighted by atomic mass is 32.1. The van der Waals surface area contributed by atoms with E-state index in [2.05, 4.69) is 21.6 Å². The van der Waals surface area contributed by atoms with E-state index in [-0.39, 0.29) is 12.4 Å². The smallest absolute Gasteiger partial charge is 0.317 e. The molecule has 0 radical (unpaired) electrons. The second-order valence-electron chi connectivity index (χ2n) is 2.70. The number of hydrogen-bond donors (Lipinski definition) is 0. The summed E-state index contributed by atoms with van der Waals surface area (Å²) >= 11 is 1.54. The van der Waals surface area contributed by atoms with Gasteiger partial charge in [0.15, 0.2) is 0 Å². The van der Waals surface area contributed by atoms with E-state index in [1.165, 1.54) is 18.4 Å². The fraction of sp³-hybridized carbons (Fsp3) is 0.400. The number of methoxy groups -OCH3 is 1. The van der Waals surface area contributed by atoms with Gasteiger partial charge in [-0.05, 0) is 13.8 Å². The quantitative estimate of drug-likeness (QED) is 0.521. The second kappa shape index (κ2) is 4.77. The van der Waals surface area contributed by atoms with Gasteiger partial charge in [0, 0.05) is 0 Å². The van der Waals surface area contributed by atoms with Gasteiger partial charge in [-0.25, -0.2) is 4.98 Å². The molecule has 0 saturated heterocycles. The predicted molar refractivity (Wildman–Crippen MR) is 55.1 cm³/mol. The predicted octanol–water partition coefficient (Wildman–Crippen LogP) is 1.67. The lowest BCUT2D eigenvalue weighted by Gasteiger charge is -1.88. The average molecular weight is 209 g/mol. The topological polar surface area (TPSA) is 39.2 Å². The number of carbonyl (C=O) groups is 1. The second-order valence-corrected chi connectivity index (χ2v) is 3.91. The van der Waals surface area contributed by atoms with Crippen LogP contribution in [0.15, 0.2) is 0 Å². The van der Waals surface area contributed by atoms with E-state index >= 15 is 0 Å². The fourth-order valence-corrected chi connectivity index (χ4v) is 1.71. The maximum absolute atomic E-state index is 10.8. The Morgan fingerprint density at radius 3 is 2.79 bits per heavy atom. The third-order valence-corrected chi connectivity index (χ3v) is 2.55. The first kappa shape index (κ1) is 10.7. The summed E-state index contributed by atoms with van der Waals surface area (Å²) in [5.41, 5.74) is 0.921. The lowest BCUT2D eigenvalue weighted by atomic mass is 10.3. The van der Waals surface area contributed by atoms with Crippen molar-refractivity contribution in [2.75, 3.05) is 7.11 Å². The first-order valence-electron chi connectivity index (χ1n) is 4.13. The van der Waals surface area contributed by atoms with Gasteiger partial charge in [-0.15, -0.1) is 11.3 Å². The van der Waals surface area contributed by atoms with Gasteiger partial charge in [-0.3, -0.25) is 4.79 Å². The van der Waals surface area contributed by atoms with E-state index in [9.17, 15) is 4.79 Å². The number of aromatic nitrogens is 1. The SMILES string of the molecule is COC(=O)CC#Cc1sc(C)nc1C. The van der Waals surface area contributed by atoms with E-state index in [4.69, 9.17) is 0 Å². The zero-order valence-corrected chi connectivity index (χ0v) is 9.20. The van der Waals surface area contributed by atoms with Crippen LogP contribution in [0, 0.1) is 25.7 Å². The summed E-state index contributed by atoms with van der Waals surface area (Å²) < 4.78 is 4.47. The van der Waals surface area contributed by atoms with Gasteiger partial charge >= 0.3 is 5.97 Å². The van der Waals surface area contributed by atoms with E-state index in [0.29, 0.717) is 0 Å². The largest absolute Gasteiger partial charge is 0.468 e. The highest BCUT2D eigenvalue weighted by molar-refractivity contribution is 7.12. The van der Waals surface area contributed by atoms with Crippen molar-refractivity contribution in [3.05, 3.63) is 15.6 Å². The van der Waals surface area contributed by atoms with Crippen LogP contribution in [0.25, 0.3) is 0 Å². The van der Waals surface area contributed by atoms with Gasteiger partial charge < -0.3 is 4.74 Å². The Hall–Kier alpha value is -1.34. The van der Waals surface area contributed by atoms with Crippen LogP contribution in [-0.2, 0) is 9.53 Å². The van der Waals surface area contributed by atoms with Gasteiger partial charge in [0.25, 0.3) is 0 Å². The van der Waals surface area contributed by atoms with Crippen LogP contribution in [0.2, 0.25) is 0 Å². The number of esters is 1. The van der Waals surface area contributed by atoms with Gasteiger partial charge in [0.2, 0.25) is 0 Å². The highest BCUT2D eigenvalue weighted by Crippen LogP contribution is 2.15. The Bertz CT molecular complexity index is 398. The lowest BCUT2D eigenvalue weighted by molar-refractivity contribution is -0.139. The van der Waals surface area contributed by atoms with Crippen molar-refractivity contribution < 1.29 is 9.53 Å². The Labute approximate surface area is 87.1 Å². The number of thiazole rings is 1. The molecule has 0 fully saturated rings. The van der Waals surface area contributed by atoms with Crippen LogP contribution in [-0.4, -0.2) is 18.1 Å². The first-order chi connectivity index (χ1) is 6.63. The summed E-state index contributed by atoms with van der Waals surface area (Å²) in [5, 5.41) is 0.991. The van der Waals surface area contributed by atoms with Crippen LogP contribution >= 0.6 is 11.3 Å². The third kappa shape index (κ3) is 2.86. The molecule has 1 aromatic heterocycles. The summed E-state index contributed by atoms with van der Waals surface area (Å²) in [6.07, 6.45) is 0.132. The molecule has 0 N–H and O–H groups in total. The van der Waals surface area contributed by atoms with Crippen LogP contribution in [0.1, 0.15) is 22.0 Å². The average Bonchev–Trinajstić information content (AvgIpc) is 2.45. The molecule has 1 rings (SSSR count). The molecule has 0 amide bonds. The zero-order valence-electron chi connectivity index (χ0n) is 8.38. The van der Waals surface area contributed by atoms with Gasteiger partial charge in [-0.1, -0.05) is 11.8 Å². The van der Waals surface area contributed by atoms with Crippen LogP contribution in [0.5, 0.6) is 0 Å². The summed E-state index contributed by atoms with van der Waals surface area (Å²) in [5.74, 6) is 5.35. The first-order valence-corrected chi connectivity index (χ1v) is 4.95. The normalized spacial score (nSPS) is 9.07. The van der Waals surface area contributed by atoms with Crippen molar-refractivity contribution in [2.45, 2.75) is 20.3 Å². The summed E-state index contributed by atoms with van der Waals surface area (Å²) in [6.45, 7) is 3.84. The molecule has 1 heterocycles. The molecule has 3 nitrogen and oxygen atoms in total. The van der Waals surface area contributed by atoms with Crippen molar-refractivity contribution in [1.29, 1.82) is 0 Å². The van der Waals surface area contributed by atoms with Crippen LogP contribution < -0.4 is 0 Å². The molecule has 0 atom stereocenters. The number of ether oxygens (including phenoxy) is 1. The highest BCUT2D eigenvalue weighted by Gasteiger charge is 2.00. The number of nitrogens with zero attached hydrogens (tertiary/aromatic N) is 1. The van der Waals surface area contributed by atoms with Crippen molar-refractivity contribution in [3.8, 4) is 11.8 Å². The third-order valence-electron chi connectivity index (χ3n) is 1.57. The van der Waals surface area contributed by atoms with Crippen LogP contribution in [0.4, 0.5) is 0 Å². The Kier molecular flexibility index (Phi) is 3.66. The van der Waals surface area contributed by atoms with E-state index in [1.54, 1.807) is 0 Å². The summed E-state index contributed by atoms with van der Waals surface area (Å²) in [7, 11) is 1.35. The van der Waals surface area contributed by atoms with Gasteiger partial charge in [0.05, 0.1) is 22.7 Å². The Morgan fingerprint density at radius 2 is 2.29 bits per heavy atom. The maximum atomic E-state index is 10.8. The van der Waals surface area contributed by atoms with Crippen molar-refractivity contribution in [1.82, 2.24) is 4.98 Å². The van der Waals surface area contributed by atoms with Gasteiger partial charge in [-0.2, -0.15) is 0 Å². The monoisotopic (exact) mass is 209 g/mol. The van der Waals surface area contributed by atoms with Crippen molar-refractivity contribution >= 4 is 17.3 Å². The molecule has 0 bridgehead atoms. The Morgan fingerprint density at radius 1 is 1.57 bits per heavy atom. The molecule has 1 aromatic rings.